The lowest BCUT2D eigenvalue weighted by Gasteiger charge is -2.16. The van der Waals surface area contributed by atoms with Crippen molar-refractivity contribution in [2.45, 2.75) is 34.1 Å². The first-order chi connectivity index (χ1) is 8.47. The molecule has 1 aromatic rings. The first-order valence-electron chi connectivity index (χ1n) is 6.59. The smallest absolute Gasteiger partial charge is 0.221 e. The molecule has 0 heterocycles. The van der Waals surface area contributed by atoms with Gasteiger partial charge in [0, 0.05) is 24.8 Å². The summed E-state index contributed by atoms with van der Waals surface area (Å²) in [7, 11) is 0. The summed E-state index contributed by atoms with van der Waals surface area (Å²) in [4.78, 5) is 11.0. The number of rotatable bonds is 6. The third-order valence-corrected chi connectivity index (χ3v) is 2.71. The molecule has 3 heteroatoms. The van der Waals surface area contributed by atoms with Crippen molar-refractivity contribution < 1.29 is 4.79 Å². The molecule has 0 bridgehead atoms. The molecule has 100 valence electrons. The normalized spacial score (nSPS) is 12.3. The Bertz CT molecular complexity index is 388. The number of nitrogens with one attached hydrogen (secondary N) is 2. The van der Waals surface area contributed by atoms with E-state index in [0.29, 0.717) is 5.92 Å². The van der Waals surface area contributed by atoms with Crippen LogP contribution in [0.3, 0.4) is 0 Å². The van der Waals surface area contributed by atoms with Gasteiger partial charge in [-0.1, -0.05) is 26.8 Å². The van der Waals surface area contributed by atoms with Crippen molar-refractivity contribution in [3.8, 4) is 0 Å². The van der Waals surface area contributed by atoms with Crippen LogP contribution in [-0.2, 0) is 4.79 Å². The second kappa shape index (κ2) is 7.04. The molecular formula is C15H24N2O. The highest BCUT2D eigenvalue weighted by Gasteiger charge is 2.05. The summed E-state index contributed by atoms with van der Waals surface area (Å²) >= 11 is 0. The Labute approximate surface area is 110 Å². The van der Waals surface area contributed by atoms with Gasteiger partial charge in [-0.15, -0.1) is 0 Å². The topological polar surface area (TPSA) is 41.1 Å². The van der Waals surface area contributed by atoms with Gasteiger partial charge in [-0.3, -0.25) is 4.79 Å². The Hall–Kier alpha value is -1.51. The van der Waals surface area contributed by atoms with Crippen molar-refractivity contribution in [1.29, 1.82) is 0 Å². The lowest BCUT2D eigenvalue weighted by Crippen LogP contribution is -2.13. The maximum absolute atomic E-state index is 11.0. The number of anilines is 2. The number of carbonyl (C=O) groups excluding carboxylic acids is 1. The Morgan fingerprint density at radius 3 is 2.50 bits per heavy atom. The summed E-state index contributed by atoms with van der Waals surface area (Å²) in [6.07, 6.45) is 1.22. The Kier molecular flexibility index (Phi) is 5.69. The van der Waals surface area contributed by atoms with E-state index in [9.17, 15) is 4.79 Å². The van der Waals surface area contributed by atoms with Gasteiger partial charge in [0.25, 0.3) is 0 Å². The second-order valence-corrected chi connectivity index (χ2v) is 5.38. The van der Waals surface area contributed by atoms with Gasteiger partial charge in [-0.2, -0.15) is 0 Å². The summed E-state index contributed by atoms with van der Waals surface area (Å²) in [5.74, 6) is 1.34. The van der Waals surface area contributed by atoms with Crippen LogP contribution in [0.25, 0.3) is 0 Å². The van der Waals surface area contributed by atoms with Crippen molar-refractivity contribution >= 4 is 17.3 Å². The highest BCUT2D eigenvalue weighted by Crippen LogP contribution is 2.17. The van der Waals surface area contributed by atoms with Gasteiger partial charge in [-0.25, -0.2) is 0 Å². The minimum atomic E-state index is -0.0414. The molecule has 1 unspecified atom stereocenters. The molecule has 0 saturated heterocycles. The van der Waals surface area contributed by atoms with E-state index in [2.05, 4.69) is 31.4 Å². The lowest BCUT2D eigenvalue weighted by atomic mass is 9.99. The summed E-state index contributed by atoms with van der Waals surface area (Å²) in [6, 6.07) is 7.82. The Morgan fingerprint density at radius 2 is 1.89 bits per heavy atom. The van der Waals surface area contributed by atoms with Crippen LogP contribution in [-0.4, -0.2) is 12.5 Å². The molecule has 0 aliphatic carbocycles. The molecule has 1 rings (SSSR count). The van der Waals surface area contributed by atoms with E-state index in [1.807, 2.05) is 24.3 Å². The first-order valence-corrected chi connectivity index (χ1v) is 6.59. The average Bonchev–Trinajstić information content (AvgIpc) is 2.25. The Morgan fingerprint density at radius 1 is 1.22 bits per heavy atom. The summed E-state index contributed by atoms with van der Waals surface area (Å²) in [5.41, 5.74) is 1.89. The molecule has 1 aromatic carbocycles. The zero-order valence-electron chi connectivity index (χ0n) is 11.8. The SMILES string of the molecule is CC(=O)Nc1cccc(NCC(C)CC(C)C)c1. The molecule has 1 amide bonds. The van der Waals surface area contributed by atoms with E-state index in [1.165, 1.54) is 13.3 Å². The quantitative estimate of drug-likeness (QED) is 0.805. The van der Waals surface area contributed by atoms with Crippen molar-refractivity contribution in [3.63, 3.8) is 0 Å². The van der Waals surface area contributed by atoms with Gasteiger partial charge < -0.3 is 10.6 Å². The first kappa shape index (κ1) is 14.6. The molecule has 3 nitrogen and oxygen atoms in total. The molecule has 0 saturated carbocycles. The van der Waals surface area contributed by atoms with Crippen LogP contribution < -0.4 is 10.6 Å². The van der Waals surface area contributed by atoms with Crippen LogP contribution >= 0.6 is 0 Å². The fourth-order valence-corrected chi connectivity index (χ4v) is 2.09. The molecule has 18 heavy (non-hydrogen) atoms. The molecule has 2 N–H and O–H groups in total. The van der Waals surface area contributed by atoms with Crippen LogP contribution in [0.15, 0.2) is 24.3 Å². The van der Waals surface area contributed by atoms with Gasteiger partial charge >= 0.3 is 0 Å². The van der Waals surface area contributed by atoms with Gasteiger partial charge in [0.2, 0.25) is 5.91 Å². The maximum atomic E-state index is 11.0. The predicted octanol–water partition coefficient (Wildman–Crippen LogP) is 3.74. The summed E-state index contributed by atoms with van der Waals surface area (Å²) in [6.45, 7) is 9.22. The highest BCUT2D eigenvalue weighted by molar-refractivity contribution is 5.89. The van der Waals surface area contributed by atoms with Gasteiger partial charge in [0.1, 0.15) is 0 Å². The van der Waals surface area contributed by atoms with Crippen molar-refractivity contribution in [2.75, 3.05) is 17.2 Å². The fraction of sp³-hybridized carbons (Fsp3) is 0.533. The Balaban J connectivity index is 2.49. The van der Waals surface area contributed by atoms with Crippen LogP contribution in [0, 0.1) is 11.8 Å². The van der Waals surface area contributed by atoms with E-state index in [1.54, 1.807) is 0 Å². The molecule has 0 aromatic heterocycles. The van der Waals surface area contributed by atoms with Gasteiger partial charge in [0.05, 0.1) is 0 Å². The van der Waals surface area contributed by atoms with Crippen molar-refractivity contribution in [2.24, 2.45) is 11.8 Å². The van der Waals surface area contributed by atoms with E-state index in [4.69, 9.17) is 0 Å². The molecule has 0 spiro atoms. The van der Waals surface area contributed by atoms with Crippen molar-refractivity contribution in [1.82, 2.24) is 0 Å². The minimum Gasteiger partial charge on any atom is -0.385 e. The van der Waals surface area contributed by atoms with Crippen molar-refractivity contribution in [3.05, 3.63) is 24.3 Å². The van der Waals surface area contributed by atoms with Gasteiger partial charge in [0.15, 0.2) is 0 Å². The molecule has 0 aliphatic rings. The molecule has 0 aliphatic heterocycles. The molecular weight excluding hydrogens is 224 g/mol. The number of amides is 1. The van der Waals surface area contributed by atoms with Crippen LogP contribution in [0.5, 0.6) is 0 Å². The highest BCUT2D eigenvalue weighted by atomic mass is 16.1. The number of benzene rings is 1. The molecule has 0 fully saturated rings. The van der Waals surface area contributed by atoms with E-state index in [-0.39, 0.29) is 5.91 Å². The summed E-state index contributed by atoms with van der Waals surface area (Å²) in [5, 5.41) is 6.20. The summed E-state index contributed by atoms with van der Waals surface area (Å²) < 4.78 is 0. The van der Waals surface area contributed by atoms with E-state index in [0.717, 1.165) is 23.8 Å². The largest absolute Gasteiger partial charge is 0.385 e. The monoisotopic (exact) mass is 248 g/mol. The lowest BCUT2D eigenvalue weighted by molar-refractivity contribution is -0.114. The number of hydrogen-bond donors (Lipinski definition) is 2. The average molecular weight is 248 g/mol. The van der Waals surface area contributed by atoms with Crippen LogP contribution in [0.4, 0.5) is 11.4 Å². The van der Waals surface area contributed by atoms with Gasteiger partial charge in [-0.05, 0) is 36.5 Å². The zero-order chi connectivity index (χ0) is 13.5. The van der Waals surface area contributed by atoms with Crippen LogP contribution in [0.2, 0.25) is 0 Å². The van der Waals surface area contributed by atoms with E-state index >= 15 is 0 Å². The standard InChI is InChI=1S/C15H24N2O/c1-11(2)8-12(3)10-16-14-6-5-7-15(9-14)17-13(4)18/h5-7,9,11-12,16H,8,10H2,1-4H3,(H,17,18). The van der Waals surface area contributed by atoms with E-state index < -0.39 is 0 Å². The zero-order valence-corrected chi connectivity index (χ0v) is 11.8. The number of hydrogen-bond acceptors (Lipinski definition) is 2. The van der Waals surface area contributed by atoms with Crippen LogP contribution in [0.1, 0.15) is 34.1 Å². The fourth-order valence-electron chi connectivity index (χ4n) is 2.09. The third kappa shape index (κ3) is 5.71. The predicted molar refractivity (Wildman–Crippen MR) is 77.9 cm³/mol. The molecule has 0 radical (unpaired) electrons. The second-order valence-electron chi connectivity index (χ2n) is 5.38. The third-order valence-electron chi connectivity index (χ3n) is 2.71. The minimum absolute atomic E-state index is 0.0414. The maximum Gasteiger partial charge on any atom is 0.221 e. The molecule has 1 atom stereocenters. The number of carbonyl (C=O) groups is 1.